The Labute approximate surface area is 174 Å². The van der Waals surface area contributed by atoms with Crippen molar-refractivity contribution in [2.24, 2.45) is 0 Å². The summed E-state index contributed by atoms with van der Waals surface area (Å²) < 4.78 is 14.7. The van der Waals surface area contributed by atoms with E-state index in [9.17, 15) is 9.18 Å². The molecule has 1 aliphatic carbocycles. The molecule has 3 aromatic heterocycles. The largest absolute Gasteiger partial charge is 0.348 e. The third kappa shape index (κ3) is 4.58. The standard InChI is InChI=1S/C22H24ClFN4O/c23-20-7-6-15(14-25-20)12-16-13-19(22(29)26-17-4-2-1-3-5-17)27-21-18(16)8-10-28(21)11-9-24/h6-8,10,13-14,17H,1-5,9,11-12H2,(H,26,29). The molecule has 0 spiro atoms. The number of fused-ring (bicyclic) bond motifs is 1. The van der Waals surface area contributed by atoms with E-state index in [2.05, 4.69) is 15.3 Å². The lowest BCUT2D eigenvalue weighted by atomic mass is 9.95. The van der Waals surface area contributed by atoms with Gasteiger partial charge < -0.3 is 9.88 Å². The number of pyridine rings is 2. The van der Waals surface area contributed by atoms with Crippen LogP contribution in [0.5, 0.6) is 0 Å². The van der Waals surface area contributed by atoms with Crippen LogP contribution in [0.4, 0.5) is 4.39 Å². The molecule has 3 heterocycles. The van der Waals surface area contributed by atoms with E-state index in [0.717, 1.165) is 42.2 Å². The van der Waals surface area contributed by atoms with Gasteiger partial charge in [0.1, 0.15) is 23.2 Å². The summed E-state index contributed by atoms with van der Waals surface area (Å²) in [5.41, 5.74) is 2.96. The zero-order valence-corrected chi connectivity index (χ0v) is 17.0. The Morgan fingerprint density at radius 2 is 2.07 bits per heavy atom. The van der Waals surface area contributed by atoms with Crippen molar-refractivity contribution in [2.45, 2.75) is 51.1 Å². The first-order chi connectivity index (χ1) is 14.1. The molecule has 1 amide bonds. The Morgan fingerprint density at radius 1 is 1.24 bits per heavy atom. The molecule has 0 radical (unpaired) electrons. The molecule has 5 nitrogen and oxygen atoms in total. The number of hydrogen-bond acceptors (Lipinski definition) is 3. The lowest BCUT2D eigenvalue weighted by Gasteiger charge is -2.22. The molecule has 0 atom stereocenters. The van der Waals surface area contributed by atoms with E-state index in [1.807, 2.05) is 24.4 Å². The second-order valence-electron chi connectivity index (χ2n) is 7.58. The molecule has 0 unspecified atom stereocenters. The predicted octanol–water partition coefficient (Wildman–Crippen LogP) is 4.71. The first-order valence-electron chi connectivity index (χ1n) is 10.1. The number of aryl methyl sites for hydroxylation is 1. The SMILES string of the molecule is O=C(NC1CCCCC1)c1cc(Cc2ccc(Cl)nc2)c2ccn(CCF)c2n1. The van der Waals surface area contributed by atoms with Gasteiger partial charge in [-0.15, -0.1) is 0 Å². The second-order valence-corrected chi connectivity index (χ2v) is 7.96. The van der Waals surface area contributed by atoms with Gasteiger partial charge in [0.2, 0.25) is 0 Å². The molecule has 3 aromatic rings. The molecular weight excluding hydrogens is 391 g/mol. The minimum atomic E-state index is -0.486. The molecule has 0 bridgehead atoms. The summed E-state index contributed by atoms with van der Waals surface area (Å²) in [5, 5.41) is 4.49. The van der Waals surface area contributed by atoms with Crippen molar-refractivity contribution in [3.05, 3.63) is 58.6 Å². The van der Waals surface area contributed by atoms with Gasteiger partial charge in [-0.2, -0.15) is 0 Å². The van der Waals surface area contributed by atoms with Crippen LogP contribution in [0.25, 0.3) is 11.0 Å². The van der Waals surface area contributed by atoms with Crippen molar-refractivity contribution in [3.63, 3.8) is 0 Å². The van der Waals surface area contributed by atoms with Crippen molar-refractivity contribution in [1.29, 1.82) is 0 Å². The molecule has 0 saturated heterocycles. The first-order valence-corrected chi connectivity index (χ1v) is 10.5. The maximum atomic E-state index is 13.0. The summed E-state index contributed by atoms with van der Waals surface area (Å²) in [5.74, 6) is -0.165. The van der Waals surface area contributed by atoms with Crippen LogP contribution in [-0.4, -0.2) is 33.2 Å². The van der Waals surface area contributed by atoms with Crippen molar-refractivity contribution in [3.8, 4) is 0 Å². The Hall–Kier alpha value is -2.47. The van der Waals surface area contributed by atoms with Gasteiger partial charge in [-0.25, -0.2) is 14.4 Å². The highest BCUT2D eigenvalue weighted by Gasteiger charge is 2.20. The van der Waals surface area contributed by atoms with Gasteiger partial charge in [0.05, 0.1) is 6.54 Å². The summed E-state index contributed by atoms with van der Waals surface area (Å²) in [7, 11) is 0. The van der Waals surface area contributed by atoms with Crippen LogP contribution in [0.3, 0.4) is 0 Å². The maximum absolute atomic E-state index is 13.0. The average Bonchev–Trinajstić information content (AvgIpc) is 3.14. The van der Waals surface area contributed by atoms with Crippen LogP contribution >= 0.6 is 11.6 Å². The molecule has 1 N–H and O–H groups in total. The molecule has 1 aliphatic rings. The number of nitrogens with one attached hydrogen (secondary N) is 1. The molecule has 1 fully saturated rings. The van der Waals surface area contributed by atoms with Crippen LogP contribution in [0, 0.1) is 0 Å². The van der Waals surface area contributed by atoms with Crippen LogP contribution in [-0.2, 0) is 13.0 Å². The number of aromatic nitrogens is 3. The van der Waals surface area contributed by atoms with Gasteiger partial charge in [-0.1, -0.05) is 36.9 Å². The van der Waals surface area contributed by atoms with E-state index in [-0.39, 0.29) is 18.5 Å². The smallest absolute Gasteiger partial charge is 0.270 e. The number of nitrogens with zero attached hydrogens (tertiary/aromatic N) is 3. The van der Waals surface area contributed by atoms with E-state index in [1.165, 1.54) is 6.42 Å². The van der Waals surface area contributed by atoms with Crippen molar-refractivity contribution < 1.29 is 9.18 Å². The van der Waals surface area contributed by atoms with Gasteiger partial charge in [0.25, 0.3) is 5.91 Å². The van der Waals surface area contributed by atoms with Gasteiger partial charge in [-0.3, -0.25) is 4.79 Å². The Morgan fingerprint density at radius 3 is 2.79 bits per heavy atom. The first kappa shape index (κ1) is 19.8. The number of alkyl halides is 1. The van der Waals surface area contributed by atoms with Crippen LogP contribution < -0.4 is 5.32 Å². The molecule has 4 rings (SSSR count). The fraction of sp³-hybridized carbons (Fsp3) is 0.409. The minimum absolute atomic E-state index is 0.165. The molecule has 7 heteroatoms. The lowest BCUT2D eigenvalue weighted by Crippen LogP contribution is -2.36. The molecule has 29 heavy (non-hydrogen) atoms. The lowest BCUT2D eigenvalue weighted by molar-refractivity contribution is 0.0923. The summed E-state index contributed by atoms with van der Waals surface area (Å²) in [6.07, 6.45) is 9.68. The minimum Gasteiger partial charge on any atom is -0.348 e. The van der Waals surface area contributed by atoms with Crippen molar-refractivity contribution in [1.82, 2.24) is 19.9 Å². The number of halogens is 2. The van der Waals surface area contributed by atoms with Crippen LogP contribution in [0.15, 0.2) is 36.7 Å². The summed E-state index contributed by atoms with van der Waals surface area (Å²) in [6, 6.07) is 7.64. The zero-order chi connectivity index (χ0) is 20.2. The number of rotatable bonds is 6. The Kier molecular flexibility index (Phi) is 6.09. The van der Waals surface area contributed by atoms with Gasteiger partial charge >= 0.3 is 0 Å². The molecule has 0 aromatic carbocycles. The maximum Gasteiger partial charge on any atom is 0.270 e. The van der Waals surface area contributed by atoms with Gasteiger partial charge in [0, 0.05) is 23.8 Å². The van der Waals surface area contributed by atoms with E-state index in [4.69, 9.17) is 11.6 Å². The number of amides is 1. The fourth-order valence-electron chi connectivity index (χ4n) is 4.00. The topological polar surface area (TPSA) is 59.8 Å². The Balaban J connectivity index is 1.68. The van der Waals surface area contributed by atoms with Gasteiger partial charge in [-0.05, 0) is 48.6 Å². The summed E-state index contributed by atoms with van der Waals surface area (Å²) >= 11 is 5.89. The summed E-state index contributed by atoms with van der Waals surface area (Å²) in [4.78, 5) is 21.6. The molecular formula is C22H24ClFN4O. The number of carbonyl (C=O) groups is 1. The van der Waals surface area contributed by atoms with Crippen LogP contribution in [0.1, 0.15) is 53.7 Å². The Bertz CT molecular complexity index is 996. The third-order valence-corrected chi connectivity index (χ3v) is 5.72. The number of carbonyl (C=O) groups excluding carboxylic acids is 1. The van der Waals surface area contributed by atoms with E-state index in [0.29, 0.717) is 22.9 Å². The van der Waals surface area contributed by atoms with E-state index < -0.39 is 6.67 Å². The van der Waals surface area contributed by atoms with Gasteiger partial charge in [0.15, 0.2) is 0 Å². The third-order valence-electron chi connectivity index (χ3n) is 5.50. The highest BCUT2D eigenvalue weighted by molar-refractivity contribution is 6.29. The summed E-state index contributed by atoms with van der Waals surface area (Å²) in [6.45, 7) is -0.271. The van der Waals surface area contributed by atoms with Crippen molar-refractivity contribution >= 4 is 28.5 Å². The van der Waals surface area contributed by atoms with E-state index in [1.54, 1.807) is 16.8 Å². The highest BCUT2D eigenvalue weighted by atomic mass is 35.5. The average molecular weight is 415 g/mol. The molecule has 0 aliphatic heterocycles. The van der Waals surface area contributed by atoms with E-state index >= 15 is 0 Å². The predicted molar refractivity (Wildman–Crippen MR) is 112 cm³/mol. The molecule has 1 saturated carbocycles. The highest BCUT2D eigenvalue weighted by Crippen LogP contribution is 2.24. The molecule has 152 valence electrons. The quantitative estimate of drug-likeness (QED) is 0.594. The normalized spacial score (nSPS) is 15.0. The van der Waals surface area contributed by atoms with Crippen LogP contribution in [0.2, 0.25) is 5.15 Å². The fourth-order valence-corrected chi connectivity index (χ4v) is 4.11. The van der Waals surface area contributed by atoms with Crippen molar-refractivity contribution in [2.75, 3.05) is 6.67 Å². The second kappa shape index (κ2) is 8.91. The number of hydrogen-bond donors (Lipinski definition) is 1. The monoisotopic (exact) mass is 414 g/mol. The zero-order valence-electron chi connectivity index (χ0n) is 16.2.